The number of likely N-dealkylation sites (N-methyl/N-ethyl adjacent to an activating group) is 1. The van der Waals surface area contributed by atoms with Crippen LogP contribution in [-0.2, 0) is 14.3 Å². The van der Waals surface area contributed by atoms with Gasteiger partial charge in [-0.15, -0.1) is 0 Å². The number of carbonyl (C=O) groups excluding carboxylic acids is 2. The number of nitrogens with zero attached hydrogens (tertiary/aromatic N) is 1. The third-order valence-electron chi connectivity index (χ3n) is 1.74. The summed E-state index contributed by atoms with van der Waals surface area (Å²) >= 11 is 0. The molecule has 1 amide bonds. The molecular formula is C8H11NO3. The molecule has 4 nitrogen and oxygen atoms in total. The van der Waals surface area contributed by atoms with Gasteiger partial charge in [0, 0.05) is 19.7 Å². The maximum atomic E-state index is 11.0. The van der Waals surface area contributed by atoms with Gasteiger partial charge in [-0.25, -0.2) is 0 Å². The van der Waals surface area contributed by atoms with E-state index >= 15 is 0 Å². The first kappa shape index (κ1) is 8.77. The summed E-state index contributed by atoms with van der Waals surface area (Å²) in [4.78, 5) is 23.3. The highest BCUT2D eigenvalue weighted by molar-refractivity contribution is 5.92. The maximum absolute atomic E-state index is 11.0. The summed E-state index contributed by atoms with van der Waals surface area (Å²) in [6, 6.07) is 0. The molecule has 4 heteroatoms. The number of ether oxygens (including phenoxy) is 1. The minimum absolute atomic E-state index is 0.0473. The highest BCUT2D eigenvalue weighted by Gasteiger charge is 2.19. The average molecular weight is 169 g/mol. The first-order chi connectivity index (χ1) is 5.63. The monoisotopic (exact) mass is 169 g/mol. The molecule has 0 spiro atoms. The van der Waals surface area contributed by atoms with Crippen molar-refractivity contribution in [3.63, 3.8) is 0 Å². The molecule has 12 heavy (non-hydrogen) atoms. The third-order valence-corrected chi connectivity index (χ3v) is 1.74. The molecule has 0 saturated carbocycles. The Morgan fingerprint density at radius 3 is 2.83 bits per heavy atom. The van der Waals surface area contributed by atoms with Crippen molar-refractivity contribution in [2.45, 2.75) is 6.42 Å². The second-order valence-corrected chi connectivity index (χ2v) is 2.75. The van der Waals surface area contributed by atoms with Gasteiger partial charge in [0.2, 0.25) is 5.91 Å². The van der Waals surface area contributed by atoms with Crippen LogP contribution in [0.2, 0.25) is 0 Å². The quantitative estimate of drug-likeness (QED) is 0.544. The molecule has 0 atom stereocenters. The van der Waals surface area contributed by atoms with Gasteiger partial charge in [-0.2, -0.15) is 0 Å². The van der Waals surface area contributed by atoms with Gasteiger partial charge >= 0.3 is 5.97 Å². The van der Waals surface area contributed by atoms with E-state index in [0.29, 0.717) is 6.54 Å². The highest BCUT2D eigenvalue weighted by Crippen LogP contribution is 2.12. The molecule has 0 bridgehead atoms. The Balaban J connectivity index is 2.51. The summed E-state index contributed by atoms with van der Waals surface area (Å²) in [5, 5.41) is 0. The van der Waals surface area contributed by atoms with Crippen LogP contribution in [0, 0.1) is 0 Å². The molecule has 0 aromatic heterocycles. The van der Waals surface area contributed by atoms with Crippen molar-refractivity contribution in [2.24, 2.45) is 0 Å². The van der Waals surface area contributed by atoms with Crippen molar-refractivity contribution in [3.05, 3.63) is 11.6 Å². The third kappa shape index (κ3) is 1.84. The van der Waals surface area contributed by atoms with Gasteiger partial charge in [-0.3, -0.25) is 9.59 Å². The number of hydrogen-bond donors (Lipinski definition) is 0. The Hall–Kier alpha value is -1.32. The zero-order valence-electron chi connectivity index (χ0n) is 7.16. The minimum atomic E-state index is -0.302. The summed E-state index contributed by atoms with van der Waals surface area (Å²) in [5.74, 6) is -0.349. The second kappa shape index (κ2) is 3.38. The first-order valence-electron chi connectivity index (χ1n) is 3.65. The zero-order chi connectivity index (χ0) is 9.14. The lowest BCUT2D eigenvalue weighted by atomic mass is 10.2. The summed E-state index contributed by atoms with van der Waals surface area (Å²) in [5.41, 5.74) is 0.814. The van der Waals surface area contributed by atoms with Crippen LogP contribution in [0.4, 0.5) is 0 Å². The Morgan fingerprint density at radius 2 is 2.42 bits per heavy atom. The lowest BCUT2D eigenvalue weighted by Gasteiger charge is -2.07. The lowest BCUT2D eigenvalue weighted by molar-refractivity contribution is -0.139. The Labute approximate surface area is 70.8 Å². The maximum Gasteiger partial charge on any atom is 0.309 e. The number of carbonyl (C=O) groups is 2. The van der Waals surface area contributed by atoms with E-state index in [1.807, 2.05) is 0 Å². The van der Waals surface area contributed by atoms with Gasteiger partial charge in [0.1, 0.15) is 0 Å². The fourth-order valence-electron chi connectivity index (χ4n) is 1.08. The SMILES string of the molecule is COC(=O)CC1=CC(=O)N(C)C1. The van der Waals surface area contributed by atoms with Crippen molar-refractivity contribution < 1.29 is 14.3 Å². The number of esters is 1. The van der Waals surface area contributed by atoms with Crippen LogP contribution in [0.25, 0.3) is 0 Å². The molecule has 1 rings (SSSR count). The van der Waals surface area contributed by atoms with E-state index in [1.54, 1.807) is 11.9 Å². The summed E-state index contributed by atoms with van der Waals surface area (Å²) in [6.45, 7) is 0.536. The van der Waals surface area contributed by atoms with Crippen LogP contribution in [0.3, 0.4) is 0 Å². The molecule has 0 aromatic rings. The second-order valence-electron chi connectivity index (χ2n) is 2.75. The van der Waals surface area contributed by atoms with E-state index in [0.717, 1.165) is 5.57 Å². The smallest absolute Gasteiger partial charge is 0.309 e. The summed E-state index contributed by atoms with van der Waals surface area (Å²) < 4.78 is 4.47. The van der Waals surface area contributed by atoms with Crippen molar-refractivity contribution in [1.29, 1.82) is 0 Å². The largest absolute Gasteiger partial charge is 0.469 e. The fourth-order valence-corrected chi connectivity index (χ4v) is 1.08. The highest BCUT2D eigenvalue weighted by atomic mass is 16.5. The molecule has 0 aromatic carbocycles. The van der Waals surface area contributed by atoms with Crippen molar-refractivity contribution in [2.75, 3.05) is 20.7 Å². The summed E-state index contributed by atoms with van der Waals surface area (Å²) in [6.07, 6.45) is 1.70. The molecule has 1 aliphatic heterocycles. The van der Waals surface area contributed by atoms with Crippen LogP contribution in [0.1, 0.15) is 6.42 Å². The standard InChI is InChI=1S/C8H11NO3/c1-9-5-6(3-7(9)10)4-8(11)12-2/h3H,4-5H2,1-2H3. The normalized spacial score (nSPS) is 16.3. The van der Waals surface area contributed by atoms with Crippen LogP contribution < -0.4 is 0 Å². The van der Waals surface area contributed by atoms with Crippen LogP contribution in [-0.4, -0.2) is 37.5 Å². The van der Waals surface area contributed by atoms with E-state index in [9.17, 15) is 9.59 Å². The molecule has 0 radical (unpaired) electrons. The van der Waals surface area contributed by atoms with Gasteiger partial charge in [0.05, 0.1) is 13.5 Å². The number of amides is 1. The zero-order valence-corrected chi connectivity index (χ0v) is 7.16. The molecule has 1 aliphatic rings. The first-order valence-corrected chi connectivity index (χ1v) is 3.65. The molecule has 66 valence electrons. The van der Waals surface area contributed by atoms with E-state index < -0.39 is 0 Å². The van der Waals surface area contributed by atoms with E-state index in [4.69, 9.17) is 0 Å². The predicted molar refractivity (Wildman–Crippen MR) is 42.4 cm³/mol. The Morgan fingerprint density at radius 1 is 1.75 bits per heavy atom. The van der Waals surface area contributed by atoms with Crippen molar-refractivity contribution in [3.8, 4) is 0 Å². The van der Waals surface area contributed by atoms with E-state index in [2.05, 4.69) is 4.74 Å². The fraction of sp³-hybridized carbons (Fsp3) is 0.500. The molecule has 0 aliphatic carbocycles. The lowest BCUT2D eigenvalue weighted by Crippen LogP contribution is -2.20. The molecular weight excluding hydrogens is 158 g/mol. The summed E-state index contributed by atoms with van der Waals surface area (Å²) in [7, 11) is 3.03. The predicted octanol–water partition coefficient (Wildman–Crippen LogP) is -0.0521. The Kier molecular flexibility index (Phi) is 2.47. The van der Waals surface area contributed by atoms with Gasteiger partial charge in [-0.05, 0) is 5.57 Å². The number of hydrogen-bond acceptors (Lipinski definition) is 3. The molecule has 0 fully saturated rings. The molecule has 0 unspecified atom stereocenters. The van der Waals surface area contributed by atoms with Gasteiger partial charge in [-0.1, -0.05) is 0 Å². The van der Waals surface area contributed by atoms with Crippen molar-refractivity contribution >= 4 is 11.9 Å². The number of rotatable bonds is 2. The van der Waals surface area contributed by atoms with Crippen molar-refractivity contribution in [1.82, 2.24) is 4.90 Å². The Bertz CT molecular complexity index is 245. The molecule has 0 N–H and O–H groups in total. The van der Waals surface area contributed by atoms with Gasteiger partial charge < -0.3 is 9.64 Å². The van der Waals surface area contributed by atoms with Crippen LogP contribution in [0.15, 0.2) is 11.6 Å². The minimum Gasteiger partial charge on any atom is -0.469 e. The van der Waals surface area contributed by atoms with Crippen LogP contribution >= 0.6 is 0 Å². The molecule has 0 saturated heterocycles. The molecule has 1 heterocycles. The van der Waals surface area contributed by atoms with E-state index in [1.165, 1.54) is 13.2 Å². The number of methoxy groups -OCH3 is 1. The van der Waals surface area contributed by atoms with Gasteiger partial charge in [0.25, 0.3) is 0 Å². The topological polar surface area (TPSA) is 46.6 Å². The van der Waals surface area contributed by atoms with Crippen LogP contribution in [0.5, 0.6) is 0 Å². The van der Waals surface area contributed by atoms with E-state index in [-0.39, 0.29) is 18.3 Å². The van der Waals surface area contributed by atoms with Gasteiger partial charge in [0.15, 0.2) is 0 Å². The average Bonchev–Trinajstić information content (AvgIpc) is 2.31.